The smallest absolute Gasteiger partial charge is 0.289 e. The molecule has 102 valence electrons. The van der Waals surface area contributed by atoms with Gasteiger partial charge in [-0.3, -0.25) is 14.4 Å². The molecule has 2 rings (SSSR count). The molecular formula is C12H15N3O4. The lowest BCUT2D eigenvalue weighted by Gasteiger charge is -2.28. The summed E-state index contributed by atoms with van der Waals surface area (Å²) in [5, 5.41) is 2.64. The Morgan fingerprint density at radius 2 is 2.32 bits per heavy atom. The Balaban J connectivity index is 1.91. The van der Waals surface area contributed by atoms with Gasteiger partial charge in [0.2, 0.25) is 11.8 Å². The van der Waals surface area contributed by atoms with Crippen LogP contribution in [0.3, 0.4) is 0 Å². The number of piperazine rings is 1. The van der Waals surface area contributed by atoms with Crippen LogP contribution in [0.5, 0.6) is 0 Å². The molecule has 1 fully saturated rings. The van der Waals surface area contributed by atoms with E-state index < -0.39 is 0 Å². The summed E-state index contributed by atoms with van der Waals surface area (Å²) in [5.74, 6) is -0.608. The van der Waals surface area contributed by atoms with Crippen LogP contribution in [0.2, 0.25) is 0 Å². The van der Waals surface area contributed by atoms with Crippen LogP contribution >= 0.6 is 0 Å². The number of hydrogen-bond acceptors (Lipinski definition) is 4. The molecule has 1 aromatic heterocycles. The van der Waals surface area contributed by atoms with Crippen LogP contribution < -0.4 is 5.32 Å². The minimum atomic E-state index is -0.361. The zero-order valence-corrected chi connectivity index (χ0v) is 10.6. The number of nitrogens with one attached hydrogen (secondary N) is 1. The standard InChI is InChI=1S/C12H15N3O4/c1-14(12(18)9-3-2-6-19-9)8-11(17)15-5-4-13-10(16)7-15/h2-3,6H,4-5,7-8H2,1H3,(H,13,16). The van der Waals surface area contributed by atoms with Gasteiger partial charge in [0.25, 0.3) is 5.91 Å². The van der Waals surface area contributed by atoms with Crippen molar-refractivity contribution in [3.63, 3.8) is 0 Å². The maximum Gasteiger partial charge on any atom is 0.289 e. The van der Waals surface area contributed by atoms with Crippen molar-refractivity contribution < 1.29 is 18.8 Å². The third-order valence-electron chi connectivity index (χ3n) is 2.84. The molecule has 1 aliphatic heterocycles. The molecule has 0 aliphatic carbocycles. The third-order valence-corrected chi connectivity index (χ3v) is 2.84. The van der Waals surface area contributed by atoms with Gasteiger partial charge in [0, 0.05) is 20.1 Å². The first-order valence-electron chi connectivity index (χ1n) is 5.91. The van der Waals surface area contributed by atoms with E-state index >= 15 is 0 Å². The van der Waals surface area contributed by atoms with E-state index in [0.717, 1.165) is 0 Å². The minimum Gasteiger partial charge on any atom is -0.459 e. The summed E-state index contributed by atoms with van der Waals surface area (Å²) in [6.45, 7) is 0.877. The monoisotopic (exact) mass is 265 g/mol. The maximum absolute atomic E-state index is 11.9. The first-order valence-corrected chi connectivity index (χ1v) is 5.91. The van der Waals surface area contributed by atoms with Gasteiger partial charge in [-0.2, -0.15) is 0 Å². The van der Waals surface area contributed by atoms with Gasteiger partial charge in [-0.25, -0.2) is 0 Å². The Hall–Kier alpha value is -2.31. The Morgan fingerprint density at radius 1 is 1.53 bits per heavy atom. The fourth-order valence-electron chi connectivity index (χ4n) is 1.81. The van der Waals surface area contributed by atoms with Crippen LogP contribution in [0.4, 0.5) is 0 Å². The number of rotatable bonds is 3. The molecule has 19 heavy (non-hydrogen) atoms. The van der Waals surface area contributed by atoms with Crippen molar-refractivity contribution in [2.45, 2.75) is 0 Å². The van der Waals surface area contributed by atoms with Gasteiger partial charge < -0.3 is 19.5 Å². The summed E-state index contributed by atoms with van der Waals surface area (Å²) < 4.78 is 4.98. The van der Waals surface area contributed by atoms with Gasteiger partial charge in [0.05, 0.1) is 19.4 Å². The van der Waals surface area contributed by atoms with Crippen molar-refractivity contribution in [3.05, 3.63) is 24.2 Å². The Kier molecular flexibility index (Phi) is 3.84. The van der Waals surface area contributed by atoms with Crippen LogP contribution in [0.15, 0.2) is 22.8 Å². The van der Waals surface area contributed by atoms with Gasteiger partial charge >= 0.3 is 0 Å². The molecule has 0 atom stereocenters. The van der Waals surface area contributed by atoms with Gasteiger partial charge in [-0.1, -0.05) is 0 Å². The highest BCUT2D eigenvalue weighted by atomic mass is 16.3. The summed E-state index contributed by atoms with van der Waals surface area (Å²) in [6, 6.07) is 3.15. The lowest BCUT2D eigenvalue weighted by Crippen LogP contribution is -2.52. The second-order valence-corrected chi connectivity index (χ2v) is 4.30. The molecule has 3 amide bonds. The number of hydrogen-bond donors (Lipinski definition) is 1. The average molecular weight is 265 g/mol. The summed E-state index contributed by atoms with van der Waals surface area (Å²) >= 11 is 0. The molecule has 0 unspecified atom stereocenters. The number of carbonyl (C=O) groups excluding carboxylic acids is 3. The summed E-state index contributed by atoms with van der Waals surface area (Å²) in [6.07, 6.45) is 1.40. The van der Waals surface area contributed by atoms with E-state index in [-0.39, 0.29) is 36.6 Å². The molecule has 7 nitrogen and oxygen atoms in total. The van der Waals surface area contributed by atoms with Crippen LogP contribution in [0.1, 0.15) is 10.6 Å². The first kappa shape index (κ1) is 13.1. The zero-order chi connectivity index (χ0) is 13.8. The highest BCUT2D eigenvalue weighted by Gasteiger charge is 2.24. The molecule has 0 radical (unpaired) electrons. The fraction of sp³-hybridized carbons (Fsp3) is 0.417. The Morgan fingerprint density at radius 3 is 2.95 bits per heavy atom. The second kappa shape index (κ2) is 5.55. The average Bonchev–Trinajstić information content (AvgIpc) is 2.91. The second-order valence-electron chi connectivity index (χ2n) is 4.30. The van der Waals surface area contributed by atoms with Crippen molar-refractivity contribution in [2.75, 3.05) is 33.2 Å². The van der Waals surface area contributed by atoms with Crippen LogP contribution in [0.25, 0.3) is 0 Å². The third kappa shape index (κ3) is 3.12. The molecule has 1 N–H and O–H groups in total. The summed E-state index contributed by atoms with van der Waals surface area (Å²) in [5.41, 5.74) is 0. The van der Waals surface area contributed by atoms with Gasteiger partial charge in [0.15, 0.2) is 5.76 Å². The van der Waals surface area contributed by atoms with E-state index in [1.165, 1.54) is 29.2 Å². The quantitative estimate of drug-likeness (QED) is 0.784. The minimum absolute atomic E-state index is 0.0433. The number of carbonyl (C=O) groups is 3. The summed E-state index contributed by atoms with van der Waals surface area (Å²) in [7, 11) is 1.52. The van der Waals surface area contributed by atoms with Crippen molar-refractivity contribution in [3.8, 4) is 0 Å². The van der Waals surface area contributed by atoms with Gasteiger partial charge in [-0.15, -0.1) is 0 Å². The molecular weight excluding hydrogens is 250 g/mol. The zero-order valence-electron chi connectivity index (χ0n) is 10.6. The fourth-order valence-corrected chi connectivity index (χ4v) is 1.81. The molecule has 1 aliphatic rings. The molecule has 0 aromatic carbocycles. The Bertz CT molecular complexity index is 483. The summed E-state index contributed by atoms with van der Waals surface area (Å²) in [4.78, 5) is 37.7. The van der Waals surface area contributed by atoms with E-state index in [4.69, 9.17) is 4.42 Å². The molecule has 0 bridgehead atoms. The normalized spacial score (nSPS) is 15.0. The lowest BCUT2D eigenvalue weighted by atomic mass is 10.3. The molecule has 0 saturated carbocycles. The largest absolute Gasteiger partial charge is 0.459 e. The van der Waals surface area contributed by atoms with Crippen LogP contribution in [0, 0.1) is 0 Å². The van der Waals surface area contributed by atoms with E-state index in [9.17, 15) is 14.4 Å². The van der Waals surface area contributed by atoms with Crippen molar-refractivity contribution >= 4 is 17.7 Å². The molecule has 0 spiro atoms. The topological polar surface area (TPSA) is 82.9 Å². The van der Waals surface area contributed by atoms with Crippen LogP contribution in [-0.2, 0) is 9.59 Å². The molecule has 2 heterocycles. The van der Waals surface area contributed by atoms with Crippen molar-refractivity contribution in [2.24, 2.45) is 0 Å². The number of likely N-dealkylation sites (N-methyl/N-ethyl adjacent to an activating group) is 1. The van der Waals surface area contributed by atoms with Crippen molar-refractivity contribution in [1.29, 1.82) is 0 Å². The number of furan rings is 1. The van der Waals surface area contributed by atoms with E-state index in [0.29, 0.717) is 13.1 Å². The van der Waals surface area contributed by atoms with E-state index in [1.54, 1.807) is 6.07 Å². The molecule has 1 saturated heterocycles. The molecule has 1 aromatic rings. The first-order chi connectivity index (χ1) is 9.08. The van der Waals surface area contributed by atoms with E-state index in [1.807, 2.05) is 0 Å². The van der Waals surface area contributed by atoms with Crippen LogP contribution in [-0.4, -0.2) is 60.7 Å². The van der Waals surface area contributed by atoms with Gasteiger partial charge in [-0.05, 0) is 12.1 Å². The van der Waals surface area contributed by atoms with Crippen molar-refractivity contribution in [1.82, 2.24) is 15.1 Å². The highest BCUT2D eigenvalue weighted by Crippen LogP contribution is 2.05. The maximum atomic E-state index is 11.9. The predicted octanol–water partition coefficient (Wildman–Crippen LogP) is -0.690. The number of amides is 3. The predicted molar refractivity (Wildman–Crippen MR) is 65.3 cm³/mol. The SMILES string of the molecule is CN(CC(=O)N1CCNC(=O)C1)C(=O)c1ccco1. The number of nitrogens with zero attached hydrogens (tertiary/aromatic N) is 2. The highest BCUT2D eigenvalue weighted by molar-refractivity contribution is 5.94. The Labute approximate surface area is 110 Å². The lowest BCUT2D eigenvalue weighted by molar-refractivity contribution is -0.138. The van der Waals surface area contributed by atoms with Gasteiger partial charge in [0.1, 0.15) is 0 Å². The van der Waals surface area contributed by atoms with E-state index in [2.05, 4.69) is 5.32 Å². The molecule has 7 heteroatoms.